The summed E-state index contributed by atoms with van der Waals surface area (Å²) < 4.78 is 19.5. The van der Waals surface area contributed by atoms with Crippen molar-refractivity contribution in [2.45, 2.75) is 59.2 Å². The standard InChI is InChI=1S/C20H30FN3O3/c1-13(2)18(12-25)22-10-17-15(21)6-7-16(23-17)14-8-9-24(11-14)19(26)27-20(3,4)5/h6-7,11,13,18,22,25H,8-10,12H2,1-5H3. The summed E-state index contributed by atoms with van der Waals surface area (Å²) in [5.74, 6) is -0.171. The molecule has 0 aromatic carbocycles. The Morgan fingerprint density at radius 1 is 1.41 bits per heavy atom. The summed E-state index contributed by atoms with van der Waals surface area (Å²) in [4.78, 5) is 18.1. The molecule has 7 heteroatoms. The van der Waals surface area contributed by atoms with Gasteiger partial charge in [0.15, 0.2) is 0 Å². The van der Waals surface area contributed by atoms with E-state index >= 15 is 0 Å². The van der Waals surface area contributed by atoms with E-state index in [4.69, 9.17) is 4.74 Å². The molecule has 0 saturated heterocycles. The van der Waals surface area contributed by atoms with Crippen LogP contribution in [0.4, 0.5) is 9.18 Å². The van der Waals surface area contributed by atoms with Crippen LogP contribution in [-0.2, 0) is 11.3 Å². The lowest BCUT2D eigenvalue weighted by Crippen LogP contribution is -2.37. The second kappa shape index (κ2) is 8.80. The highest BCUT2D eigenvalue weighted by Crippen LogP contribution is 2.26. The third kappa shape index (κ3) is 6.01. The van der Waals surface area contributed by atoms with E-state index < -0.39 is 17.5 Å². The quantitative estimate of drug-likeness (QED) is 0.793. The Balaban J connectivity index is 2.11. The van der Waals surface area contributed by atoms with Gasteiger partial charge in [-0.15, -0.1) is 0 Å². The highest BCUT2D eigenvalue weighted by atomic mass is 19.1. The SMILES string of the molecule is CC(C)C(CO)NCc1nc(C2=CN(C(=O)OC(C)(C)C)CC2)ccc1F. The number of carbonyl (C=O) groups excluding carboxylic acids is 1. The molecule has 2 N–H and O–H groups in total. The van der Waals surface area contributed by atoms with Crippen molar-refractivity contribution in [2.75, 3.05) is 13.2 Å². The number of hydrogen-bond donors (Lipinski definition) is 2. The average Bonchev–Trinajstić information content (AvgIpc) is 3.05. The van der Waals surface area contributed by atoms with Crippen LogP contribution in [0.25, 0.3) is 5.57 Å². The van der Waals surface area contributed by atoms with Crippen LogP contribution in [0.2, 0.25) is 0 Å². The molecule has 0 aliphatic carbocycles. The van der Waals surface area contributed by atoms with Crippen LogP contribution in [0.1, 0.15) is 52.4 Å². The highest BCUT2D eigenvalue weighted by Gasteiger charge is 2.25. The number of nitrogens with one attached hydrogen (secondary N) is 1. The third-order valence-electron chi connectivity index (χ3n) is 4.34. The van der Waals surface area contributed by atoms with E-state index in [0.717, 1.165) is 5.57 Å². The van der Waals surface area contributed by atoms with Gasteiger partial charge in [0.05, 0.1) is 18.0 Å². The van der Waals surface area contributed by atoms with E-state index in [1.165, 1.54) is 11.0 Å². The summed E-state index contributed by atoms with van der Waals surface area (Å²) in [6.07, 6.45) is 1.95. The fraction of sp³-hybridized carbons (Fsp3) is 0.600. The van der Waals surface area contributed by atoms with Crippen LogP contribution in [-0.4, -0.2) is 45.9 Å². The van der Waals surface area contributed by atoms with Crippen molar-refractivity contribution in [3.63, 3.8) is 0 Å². The van der Waals surface area contributed by atoms with Gasteiger partial charge in [-0.2, -0.15) is 0 Å². The van der Waals surface area contributed by atoms with Gasteiger partial charge in [-0.25, -0.2) is 14.2 Å². The number of nitrogens with zero attached hydrogens (tertiary/aromatic N) is 2. The minimum absolute atomic E-state index is 0.0189. The predicted octanol–water partition coefficient (Wildman–Crippen LogP) is 3.31. The Hall–Kier alpha value is -1.99. The zero-order valence-electron chi connectivity index (χ0n) is 16.8. The Kier molecular flexibility index (Phi) is 6.95. The fourth-order valence-corrected chi connectivity index (χ4v) is 2.74. The van der Waals surface area contributed by atoms with Crippen LogP contribution < -0.4 is 5.32 Å². The van der Waals surface area contributed by atoms with Gasteiger partial charge in [-0.1, -0.05) is 13.8 Å². The molecule has 1 aromatic heterocycles. The van der Waals surface area contributed by atoms with E-state index in [9.17, 15) is 14.3 Å². The third-order valence-corrected chi connectivity index (χ3v) is 4.34. The molecule has 2 heterocycles. The molecule has 0 radical (unpaired) electrons. The van der Waals surface area contributed by atoms with E-state index in [2.05, 4.69) is 10.3 Å². The van der Waals surface area contributed by atoms with E-state index in [-0.39, 0.29) is 25.1 Å². The number of halogens is 1. The Morgan fingerprint density at radius 3 is 2.70 bits per heavy atom. The maximum Gasteiger partial charge on any atom is 0.414 e. The normalized spacial score (nSPS) is 15.9. The number of aromatic nitrogens is 1. The Labute approximate surface area is 160 Å². The van der Waals surface area contributed by atoms with Crippen LogP contribution in [0.3, 0.4) is 0 Å². The van der Waals surface area contributed by atoms with Crippen molar-refractivity contribution in [3.8, 4) is 0 Å². The number of ether oxygens (including phenoxy) is 1. The molecule has 150 valence electrons. The number of rotatable bonds is 6. The molecule has 0 spiro atoms. The number of aliphatic hydroxyl groups is 1. The molecule has 1 atom stereocenters. The maximum absolute atomic E-state index is 14.1. The minimum Gasteiger partial charge on any atom is -0.443 e. The first-order valence-electron chi connectivity index (χ1n) is 9.31. The Morgan fingerprint density at radius 2 is 2.11 bits per heavy atom. The highest BCUT2D eigenvalue weighted by molar-refractivity contribution is 5.76. The molecular weight excluding hydrogens is 349 g/mol. The summed E-state index contributed by atoms with van der Waals surface area (Å²) >= 11 is 0. The number of hydrogen-bond acceptors (Lipinski definition) is 5. The minimum atomic E-state index is -0.555. The van der Waals surface area contributed by atoms with Crippen LogP contribution in [0, 0.1) is 11.7 Å². The van der Waals surface area contributed by atoms with Gasteiger partial charge in [-0.3, -0.25) is 4.90 Å². The van der Waals surface area contributed by atoms with Gasteiger partial charge >= 0.3 is 6.09 Å². The fourth-order valence-electron chi connectivity index (χ4n) is 2.74. The molecule has 1 aromatic rings. The summed E-state index contributed by atoms with van der Waals surface area (Å²) in [7, 11) is 0. The number of pyridine rings is 1. The molecule has 6 nitrogen and oxygen atoms in total. The first kappa shape index (κ1) is 21.3. The van der Waals surface area contributed by atoms with Crippen molar-refractivity contribution in [2.24, 2.45) is 5.92 Å². The Bertz CT molecular complexity index is 698. The van der Waals surface area contributed by atoms with Gasteiger partial charge in [0, 0.05) is 25.3 Å². The molecule has 1 unspecified atom stereocenters. The van der Waals surface area contributed by atoms with Crippen molar-refractivity contribution in [1.29, 1.82) is 0 Å². The molecule has 0 saturated carbocycles. The van der Waals surface area contributed by atoms with Gasteiger partial charge in [0.25, 0.3) is 0 Å². The van der Waals surface area contributed by atoms with Crippen LogP contribution in [0.5, 0.6) is 0 Å². The number of carbonyl (C=O) groups is 1. The largest absolute Gasteiger partial charge is 0.443 e. The first-order valence-corrected chi connectivity index (χ1v) is 9.31. The predicted molar refractivity (Wildman–Crippen MR) is 102 cm³/mol. The smallest absolute Gasteiger partial charge is 0.414 e. The summed E-state index contributed by atoms with van der Waals surface area (Å²) in [6.45, 7) is 10.2. The number of amides is 1. The summed E-state index contributed by atoms with van der Waals surface area (Å²) in [5.41, 5.74) is 1.25. The van der Waals surface area contributed by atoms with Crippen LogP contribution in [0.15, 0.2) is 18.3 Å². The lowest BCUT2D eigenvalue weighted by molar-refractivity contribution is 0.0349. The molecule has 27 heavy (non-hydrogen) atoms. The zero-order chi connectivity index (χ0) is 20.2. The van der Waals surface area contributed by atoms with Crippen molar-refractivity contribution in [1.82, 2.24) is 15.2 Å². The van der Waals surface area contributed by atoms with Crippen molar-refractivity contribution >= 4 is 11.7 Å². The topological polar surface area (TPSA) is 74.7 Å². The molecule has 0 bridgehead atoms. The first-order chi connectivity index (χ1) is 12.6. The monoisotopic (exact) mass is 379 g/mol. The van der Waals surface area contributed by atoms with Crippen molar-refractivity contribution < 1.29 is 19.0 Å². The van der Waals surface area contributed by atoms with Crippen molar-refractivity contribution in [3.05, 3.63) is 35.5 Å². The molecule has 1 amide bonds. The van der Waals surface area contributed by atoms with E-state index in [1.807, 2.05) is 34.6 Å². The zero-order valence-corrected chi connectivity index (χ0v) is 16.8. The van der Waals surface area contributed by atoms with Gasteiger partial charge < -0.3 is 15.2 Å². The number of aliphatic hydroxyl groups excluding tert-OH is 1. The average molecular weight is 379 g/mol. The van der Waals surface area contributed by atoms with Crippen LogP contribution >= 0.6 is 0 Å². The molecule has 1 aliphatic rings. The van der Waals surface area contributed by atoms with Gasteiger partial charge in [-0.05, 0) is 50.8 Å². The summed E-state index contributed by atoms with van der Waals surface area (Å²) in [5, 5.41) is 12.5. The maximum atomic E-state index is 14.1. The van der Waals surface area contributed by atoms with Gasteiger partial charge in [0.2, 0.25) is 0 Å². The lowest BCUT2D eigenvalue weighted by Gasteiger charge is -2.23. The second-order valence-corrected chi connectivity index (χ2v) is 8.12. The van der Waals surface area contributed by atoms with Gasteiger partial charge in [0.1, 0.15) is 11.4 Å². The van der Waals surface area contributed by atoms with E-state index in [0.29, 0.717) is 24.4 Å². The molecular formula is C20H30FN3O3. The second-order valence-electron chi connectivity index (χ2n) is 8.12. The summed E-state index contributed by atoms with van der Waals surface area (Å²) in [6, 6.07) is 2.89. The molecule has 2 rings (SSSR count). The van der Waals surface area contributed by atoms with E-state index in [1.54, 1.807) is 12.3 Å². The lowest BCUT2D eigenvalue weighted by atomic mass is 10.1. The molecule has 0 fully saturated rings. The molecule has 1 aliphatic heterocycles.